The third kappa shape index (κ3) is 3.24. The molecule has 0 unspecified atom stereocenters. The summed E-state index contributed by atoms with van der Waals surface area (Å²) in [6.45, 7) is 4.00. The van der Waals surface area contributed by atoms with Crippen LogP contribution in [0.25, 0.3) is 0 Å². The molecule has 0 saturated carbocycles. The van der Waals surface area contributed by atoms with Crippen molar-refractivity contribution in [1.82, 2.24) is 9.97 Å². The van der Waals surface area contributed by atoms with Crippen LogP contribution in [0.3, 0.4) is 0 Å². The van der Waals surface area contributed by atoms with Crippen LogP contribution < -0.4 is 0 Å². The fourth-order valence-corrected chi connectivity index (χ4v) is 0.386. The van der Waals surface area contributed by atoms with Gasteiger partial charge in [-0.1, -0.05) is 13.8 Å². The van der Waals surface area contributed by atoms with Gasteiger partial charge in [-0.15, -0.1) is 0 Å². The van der Waals surface area contributed by atoms with E-state index in [0.717, 1.165) is 6.20 Å². The highest BCUT2D eigenvalue weighted by Crippen LogP contribution is 1.98. The van der Waals surface area contributed by atoms with Gasteiger partial charge in [0.25, 0.3) is 0 Å². The first kappa shape index (κ1) is 9.48. The maximum absolute atomic E-state index is 9.90. The molecule has 0 aliphatic rings. The molecule has 0 aliphatic carbocycles. The summed E-state index contributed by atoms with van der Waals surface area (Å²) in [5.41, 5.74) is 0. The summed E-state index contributed by atoms with van der Waals surface area (Å²) < 4.78 is 0. The van der Waals surface area contributed by atoms with Crippen molar-refractivity contribution in [3.63, 3.8) is 0 Å². The maximum Gasteiger partial charge on any atom is 0.381 e. The van der Waals surface area contributed by atoms with Crippen molar-refractivity contribution in [2.45, 2.75) is 13.8 Å². The van der Waals surface area contributed by atoms with Gasteiger partial charge in [-0.2, -0.15) is 0 Å². The largest absolute Gasteiger partial charge is 0.381 e. The molecule has 1 aromatic rings. The molecule has 0 radical (unpaired) electrons. The summed E-state index contributed by atoms with van der Waals surface area (Å²) in [7, 11) is 0. The first-order valence-corrected chi connectivity index (χ1v) is 3.21. The highest BCUT2D eigenvalue weighted by Gasteiger charge is 2.01. The first-order valence-electron chi connectivity index (χ1n) is 3.21. The van der Waals surface area contributed by atoms with Gasteiger partial charge in [0.05, 0.1) is 6.20 Å². The zero-order valence-electron chi connectivity index (χ0n) is 6.39. The summed E-state index contributed by atoms with van der Waals surface area (Å²) in [6.07, 6.45) is 3.76. The number of aromatic nitrogens is 2. The summed E-state index contributed by atoms with van der Waals surface area (Å²) in [4.78, 5) is 16.2. The van der Waals surface area contributed by atoms with Crippen LogP contribution >= 0.6 is 0 Å². The summed E-state index contributed by atoms with van der Waals surface area (Å²) >= 11 is 0. The van der Waals surface area contributed by atoms with Gasteiger partial charge >= 0.3 is 5.82 Å². The minimum absolute atomic E-state index is 0.225. The van der Waals surface area contributed by atoms with E-state index < -0.39 is 4.92 Å². The molecule has 1 heterocycles. The van der Waals surface area contributed by atoms with E-state index in [1.165, 1.54) is 12.4 Å². The van der Waals surface area contributed by atoms with E-state index in [2.05, 4.69) is 9.97 Å². The Hall–Kier alpha value is -1.52. The lowest BCUT2D eigenvalue weighted by atomic mass is 10.7. The Labute approximate surface area is 64.3 Å². The highest BCUT2D eigenvalue weighted by atomic mass is 16.6. The van der Waals surface area contributed by atoms with E-state index in [-0.39, 0.29) is 5.82 Å². The van der Waals surface area contributed by atoms with Crippen molar-refractivity contribution < 1.29 is 4.92 Å². The molecule has 0 amide bonds. The molecule has 0 aliphatic heterocycles. The monoisotopic (exact) mass is 155 g/mol. The smallest absolute Gasteiger partial charge is 0.358 e. The molecule has 0 saturated heterocycles. The molecule has 5 nitrogen and oxygen atoms in total. The van der Waals surface area contributed by atoms with Crippen LogP contribution in [0, 0.1) is 10.1 Å². The van der Waals surface area contributed by atoms with Crippen molar-refractivity contribution in [2.24, 2.45) is 0 Å². The second-order valence-corrected chi connectivity index (χ2v) is 1.32. The molecule has 0 spiro atoms. The fraction of sp³-hybridized carbons (Fsp3) is 0.333. The van der Waals surface area contributed by atoms with Crippen LogP contribution in [0.15, 0.2) is 18.6 Å². The average molecular weight is 155 g/mol. The predicted octanol–water partition coefficient (Wildman–Crippen LogP) is 1.41. The van der Waals surface area contributed by atoms with Crippen molar-refractivity contribution in [2.75, 3.05) is 0 Å². The Bertz CT molecular complexity index is 212. The van der Waals surface area contributed by atoms with Crippen molar-refractivity contribution in [1.29, 1.82) is 0 Å². The van der Waals surface area contributed by atoms with Gasteiger partial charge in [0.2, 0.25) is 0 Å². The van der Waals surface area contributed by atoms with Crippen LogP contribution in [0.4, 0.5) is 5.82 Å². The minimum atomic E-state index is -0.590. The Kier molecular flexibility index (Phi) is 4.55. The van der Waals surface area contributed by atoms with Crippen LogP contribution in [0.5, 0.6) is 0 Å². The molecule has 0 aromatic carbocycles. The van der Waals surface area contributed by atoms with Crippen molar-refractivity contribution in [3.05, 3.63) is 28.7 Å². The first-order chi connectivity index (χ1) is 5.30. The lowest BCUT2D eigenvalue weighted by molar-refractivity contribution is -0.389. The van der Waals surface area contributed by atoms with Gasteiger partial charge in [0, 0.05) is 0 Å². The molecule has 11 heavy (non-hydrogen) atoms. The second kappa shape index (κ2) is 5.28. The maximum atomic E-state index is 9.90. The number of nitro groups is 1. The molecular weight excluding hydrogens is 146 g/mol. The summed E-state index contributed by atoms with van der Waals surface area (Å²) in [6, 6.07) is 0. The van der Waals surface area contributed by atoms with Crippen molar-refractivity contribution in [3.8, 4) is 0 Å². The van der Waals surface area contributed by atoms with Crippen LogP contribution in [0.1, 0.15) is 13.8 Å². The van der Waals surface area contributed by atoms with Gasteiger partial charge < -0.3 is 10.1 Å². The van der Waals surface area contributed by atoms with Crippen LogP contribution in [0.2, 0.25) is 0 Å². The third-order valence-electron chi connectivity index (χ3n) is 0.737. The van der Waals surface area contributed by atoms with Gasteiger partial charge in [-0.25, -0.2) is 0 Å². The summed E-state index contributed by atoms with van der Waals surface area (Å²) in [5, 5.41) is 9.90. The molecule has 1 rings (SSSR count). The Morgan fingerprint density at radius 1 is 1.45 bits per heavy atom. The van der Waals surface area contributed by atoms with Crippen molar-refractivity contribution >= 4 is 5.82 Å². The molecule has 5 heteroatoms. The molecular formula is C6H9N3O2. The van der Waals surface area contributed by atoms with Gasteiger partial charge in [-0.3, -0.25) is 4.98 Å². The average Bonchev–Trinajstić information content (AvgIpc) is 2.10. The zero-order chi connectivity index (χ0) is 8.69. The fourth-order valence-electron chi connectivity index (χ4n) is 0.386. The molecule has 0 fully saturated rings. The van der Waals surface area contributed by atoms with E-state index >= 15 is 0 Å². The van der Waals surface area contributed by atoms with E-state index in [1.54, 1.807) is 0 Å². The molecule has 60 valence electrons. The van der Waals surface area contributed by atoms with E-state index in [0.29, 0.717) is 0 Å². The SMILES string of the molecule is CC.O=[N+]([O-])c1cnccn1. The molecule has 0 atom stereocenters. The highest BCUT2D eigenvalue weighted by molar-refractivity contribution is 5.09. The van der Waals surface area contributed by atoms with E-state index in [9.17, 15) is 10.1 Å². The number of rotatable bonds is 1. The molecule has 1 aromatic heterocycles. The van der Waals surface area contributed by atoms with Gasteiger partial charge in [0.1, 0.15) is 6.20 Å². The predicted molar refractivity (Wildman–Crippen MR) is 40.0 cm³/mol. The molecule has 0 N–H and O–H groups in total. The Morgan fingerprint density at radius 3 is 2.36 bits per heavy atom. The zero-order valence-corrected chi connectivity index (χ0v) is 6.39. The van der Waals surface area contributed by atoms with Crippen LogP contribution in [-0.4, -0.2) is 14.9 Å². The lowest BCUT2D eigenvalue weighted by Gasteiger charge is -1.85. The number of hydrogen-bond acceptors (Lipinski definition) is 4. The topological polar surface area (TPSA) is 68.9 Å². The summed E-state index contributed by atoms with van der Waals surface area (Å²) in [5.74, 6) is -0.225. The number of nitrogens with zero attached hydrogens (tertiary/aromatic N) is 3. The normalized spacial score (nSPS) is 7.82. The lowest BCUT2D eigenvalue weighted by Crippen LogP contribution is -1.90. The second-order valence-electron chi connectivity index (χ2n) is 1.32. The van der Waals surface area contributed by atoms with Crippen LogP contribution in [-0.2, 0) is 0 Å². The van der Waals surface area contributed by atoms with Gasteiger partial charge in [-0.05, 0) is 9.91 Å². The quantitative estimate of drug-likeness (QED) is 0.454. The van der Waals surface area contributed by atoms with Gasteiger partial charge in [0.15, 0.2) is 6.20 Å². The molecule has 0 bridgehead atoms. The standard InChI is InChI=1S/C4H3N3O2.C2H6/c8-7(9)4-3-5-1-2-6-4;1-2/h1-3H;1-2H3. The van der Waals surface area contributed by atoms with E-state index in [4.69, 9.17) is 0 Å². The third-order valence-corrected chi connectivity index (χ3v) is 0.737. The number of hydrogen-bond donors (Lipinski definition) is 0. The Balaban J connectivity index is 0.000000461. The Morgan fingerprint density at radius 2 is 2.09 bits per heavy atom. The minimum Gasteiger partial charge on any atom is -0.358 e. The van der Waals surface area contributed by atoms with E-state index in [1.807, 2.05) is 13.8 Å².